The molecule has 0 saturated heterocycles. The average molecular weight is 221 g/mol. The molecule has 0 heterocycles. The van der Waals surface area contributed by atoms with Crippen molar-refractivity contribution in [3.63, 3.8) is 0 Å². The topological polar surface area (TPSA) is 113 Å². The third-order valence-corrected chi connectivity index (χ3v) is 2.19. The smallest absolute Gasteiger partial charge is 0.320 e. The monoisotopic (exact) mass is 221 g/mol. The third-order valence-electron chi connectivity index (χ3n) is 2.19. The molecule has 0 radical (unpaired) electrons. The van der Waals surface area contributed by atoms with E-state index in [0.717, 1.165) is 11.1 Å². The Morgan fingerprint density at radius 1 is 1.31 bits per heavy atom. The van der Waals surface area contributed by atoms with Crippen LogP contribution in [0.15, 0.2) is 24.3 Å². The predicted molar refractivity (Wildman–Crippen MR) is 61.4 cm³/mol. The Bertz CT molecular complexity index is 387. The van der Waals surface area contributed by atoms with E-state index in [9.17, 15) is 4.79 Å². The first-order valence-corrected chi connectivity index (χ1v) is 4.88. The number of benzene rings is 1. The highest BCUT2D eigenvalue weighted by Crippen LogP contribution is 2.07. The molecule has 1 rings (SSSR count). The molecule has 0 aliphatic carbocycles. The minimum atomic E-state index is -1.01. The predicted octanol–water partition coefficient (Wildman–Crippen LogP) is 0.119. The number of nitrogens with two attached hydrogens (primary N) is 2. The lowest BCUT2D eigenvalue weighted by Gasteiger charge is -2.07. The standard InChI is InChI=1S/C11H15N3O2/c12-9(11(15)16)5-7-1-3-8(4-2-7)6-10(13)14/h1-4,9H,5-6,12H2,(H3,13,14)(H,15,16)/t9-/m0/s1. The van der Waals surface area contributed by atoms with Gasteiger partial charge in [0.1, 0.15) is 6.04 Å². The molecule has 0 aliphatic heterocycles. The first kappa shape index (κ1) is 12.2. The van der Waals surface area contributed by atoms with E-state index in [0.29, 0.717) is 12.8 Å². The Kier molecular flexibility index (Phi) is 4.02. The summed E-state index contributed by atoms with van der Waals surface area (Å²) in [6.45, 7) is 0. The lowest BCUT2D eigenvalue weighted by atomic mass is 10.0. The van der Waals surface area contributed by atoms with Gasteiger partial charge in [-0.25, -0.2) is 0 Å². The lowest BCUT2D eigenvalue weighted by Crippen LogP contribution is -2.32. The molecule has 0 aliphatic rings. The molecule has 0 bridgehead atoms. The molecule has 0 unspecified atom stereocenters. The summed E-state index contributed by atoms with van der Waals surface area (Å²) in [7, 11) is 0. The maximum absolute atomic E-state index is 10.5. The first-order valence-electron chi connectivity index (χ1n) is 4.88. The van der Waals surface area contributed by atoms with Crippen LogP contribution in [0.4, 0.5) is 0 Å². The third kappa shape index (κ3) is 3.70. The van der Waals surface area contributed by atoms with Crippen LogP contribution >= 0.6 is 0 Å². The van der Waals surface area contributed by atoms with Crippen molar-refractivity contribution in [2.45, 2.75) is 18.9 Å². The molecule has 86 valence electrons. The second kappa shape index (κ2) is 5.27. The molecule has 1 aromatic rings. The van der Waals surface area contributed by atoms with Gasteiger partial charge < -0.3 is 16.6 Å². The Labute approximate surface area is 93.6 Å². The molecule has 0 saturated carbocycles. The summed E-state index contributed by atoms with van der Waals surface area (Å²) in [6, 6.07) is 6.39. The van der Waals surface area contributed by atoms with Gasteiger partial charge >= 0.3 is 5.97 Å². The van der Waals surface area contributed by atoms with Gasteiger partial charge in [0, 0.05) is 6.42 Å². The fraction of sp³-hybridized carbons (Fsp3) is 0.273. The fourth-order valence-electron chi connectivity index (χ4n) is 1.35. The summed E-state index contributed by atoms with van der Waals surface area (Å²) < 4.78 is 0. The summed E-state index contributed by atoms with van der Waals surface area (Å²) in [5.41, 5.74) is 12.5. The van der Waals surface area contributed by atoms with Crippen LogP contribution in [0.5, 0.6) is 0 Å². The number of carboxylic acid groups (broad SMARTS) is 1. The Morgan fingerprint density at radius 3 is 2.25 bits per heavy atom. The number of carboxylic acids is 1. The number of hydrogen-bond acceptors (Lipinski definition) is 3. The van der Waals surface area contributed by atoms with Crippen molar-refractivity contribution in [2.24, 2.45) is 11.5 Å². The fourth-order valence-corrected chi connectivity index (χ4v) is 1.35. The van der Waals surface area contributed by atoms with Gasteiger partial charge in [-0.2, -0.15) is 0 Å². The van der Waals surface area contributed by atoms with Crippen LogP contribution in [0.3, 0.4) is 0 Å². The van der Waals surface area contributed by atoms with Gasteiger partial charge in [0.15, 0.2) is 0 Å². The largest absolute Gasteiger partial charge is 0.480 e. The van der Waals surface area contributed by atoms with E-state index in [1.54, 1.807) is 12.1 Å². The van der Waals surface area contributed by atoms with Crippen LogP contribution in [-0.4, -0.2) is 23.0 Å². The Balaban J connectivity index is 2.64. The molecular weight excluding hydrogens is 206 g/mol. The van der Waals surface area contributed by atoms with Crippen LogP contribution < -0.4 is 11.5 Å². The maximum atomic E-state index is 10.5. The normalized spacial score (nSPS) is 12.1. The average Bonchev–Trinajstić information content (AvgIpc) is 2.20. The number of hydrogen-bond donors (Lipinski definition) is 4. The highest BCUT2D eigenvalue weighted by Gasteiger charge is 2.11. The van der Waals surface area contributed by atoms with Gasteiger partial charge in [0.25, 0.3) is 0 Å². The molecule has 5 nitrogen and oxygen atoms in total. The number of carbonyl (C=O) groups is 1. The summed E-state index contributed by atoms with van der Waals surface area (Å²) in [5, 5.41) is 15.8. The van der Waals surface area contributed by atoms with E-state index >= 15 is 0 Å². The van der Waals surface area contributed by atoms with Gasteiger partial charge in [-0.3, -0.25) is 10.2 Å². The number of rotatable bonds is 5. The van der Waals surface area contributed by atoms with Crippen molar-refractivity contribution in [3.05, 3.63) is 35.4 Å². The summed E-state index contributed by atoms with van der Waals surface area (Å²) in [4.78, 5) is 10.5. The Morgan fingerprint density at radius 2 is 1.81 bits per heavy atom. The molecule has 1 aromatic carbocycles. The highest BCUT2D eigenvalue weighted by molar-refractivity contribution is 5.79. The number of aliphatic carboxylic acids is 1. The van der Waals surface area contributed by atoms with Crippen molar-refractivity contribution >= 4 is 11.8 Å². The van der Waals surface area contributed by atoms with E-state index in [2.05, 4.69) is 0 Å². The minimum absolute atomic E-state index is 0.106. The molecule has 6 N–H and O–H groups in total. The van der Waals surface area contributed by atoms with Gasteiger partial charge in [0.2, 0.25) is 0 Å². The SMILES string of the molecule is N=C(N)Cc1ccc(C[C@H](N)C(=O)O)cc1. The summed E-state index contributed by atoms with van der Waals surface area (Å²) in [6.07, 6.45) is 0.709. The molecule has 0 fully saturated rings. The number of nitrogens with one attached hydrogen (secondary N) is 1. The first-order chi connectivity index (χ1) is 7.49. The lowest BCUT2D eigenvalue weighted by molar-refractivity contribution is -0.138. The van der Waals surface area contributed by atoms with Crippen LogP contribution in [0, 0.1) is 5.41 Å². The maximum Gasteiger partial charge on any atom is 0.320 e. The van der Waals surface area contributed by atoms with E-state index in [1.165, 1.54) is 0 Å². The molecule has 0 spiro atoms. The summed E-state index contributed by atoms with van der Waals surface area (Å²) in [5.74, 6) is -0.900. The second-order valence-corrected chi connectivity index (χ2v) is 3.67. The highest BCUT2D eigenvalue weighted by atomic mass is 16.4. The second-order valence-electron chi connectivity index (χ2n) is 3.67. The molecule has 0 amide bonds. The van der Waals surface area contributed by atoms with Crippen LogP contribution in [0.25, 0.3) is 0 Å². The van der Waals surface area contributed by atoms with Crippen molar-refractivity contribution < 1.29 is 9.90 Å². The van der Waals surface area contributed by atoms with E-state index in [4.69, 9.17) is 22.0 Å². The molecular formula is C11H15N3O2. The van der Waals surface area contributed by atoms with Crippen LogP contribution in [0.1, 0.15) is 11.1 Å². The van der Waals surface area contributed by atoms with Gasteiger partial charge in [-0.1, -0.05) is 24.3 Å². The zero-order valence-corrected chi connectivity index (χ0v) is 8.81. The van der Waals surface area contributed by atoms with Gasteiger partial charge in [-0.05, 0) is 17.5 Å². The van der Waals surface area contributed by atoms with Gasteiger partial charge in [-0.15, -0.1) is 0 Å². The van der Waals surface area contributed by atoms with Crippen LogP contribution in [-0.2, 0) is 17.6 Å². The molecule has 5 heteroatoms. The number of amidine groups is 1. The quantitative estimate of drug-likeness (QED) is 0.417. The zero-order chi connectivity index (χ0) is 12.1. The zero-order valence-electron chi connectivity index (χ0n) is 8.81. The van der Waals surface area contributed by atoms with Crippen molar-refractivity contribution in [1.29, 1.82) is 5.41 Å². The molecule has 1 atom stereocenters. The van der Waals surface area contributed by atoms with E-state index in [1.807, 2.05) is 12.1 Å². The van der Waals surface area contributed by atoms with E-state index < -0.39 is 12.0 Å². The Hall–Kier alpha value is -1.88. The van der Waals surface area contributed by atoms with Crippen molar-refractivity contribution in [1.82, 2.24) is 0 Å². The minimum Gasteiger partial charge on any atom is -0.480 e. The van der Waals surface area contributed by atoms with E-state index in [-0.39, 0.29) is 5.84 Å². The van der Waals surface area contributed by atoms with Crippen LogP contribution in [0.2, 0.25) is 0 Å². The van der Waals surface area contributed by atoms with Gasteiger partial charge in [0.05, 0.1) is 5.84 Å². The molecule has 0 aromatic heterocycles. The van der Waals surface area contributed by atoms with Crippen molar-refractivity contribution in [2.75, 3.05) is 0 Å². The molecule has 16 heavy (non-hydrogen) atoms. The van der Waals surface area contributed by atoms with Crippen molar-refractivity contribution in [3.8, 4) is 0 Å². The summed E-state index contributed by atoms with van der Waals surface area (Å²) >= 11 is 0.